The Labute approximate surface area is 182 Å². The number of rotatable bonds is 4. The number of pyridine rings is 1. The van der Waals surface area contributed by atoms with E-state index in [0.717, 1.165) is 17.3 Å². The molecule has 0 aliphatic heterocycles. The number of fused-ring (bicyclic) bond motifs is 1. The van der Waals surface area contributed by atoms with Gasteiger partial charge in [0.15, 0.2) is 0 Å². The molecule has 0 unspecified atom stereocenters. The van der Waals surface area contributed by atoms with Crippen molar-refractivity contribution in [1.82, 2.24) is 9.55 Å². The Kier molecular flexibility index (Phi) is 5.33. The van der Waals surface area contributed by atoms with Gasteiger partial charge in [0.25, 0.3) is 5.91 Å². The minimum Gasteiger partial charge on any atom is -0.478 e. The van der Waals surface area contributed by atoms with Gasteiger partial charge >= 0.3 is 5.97 Å². The molecule has 7 heteroatoms. The molecular formula is C24H18ClFN2O3. The number of aryl methyl sites for hydroxylation is 2. The van der Waals surface area contributed by atoms with Gasteiger partial charge in [0, 0.05) is 28.4 Å². The van der Waals surface area contributed by atoms with Crippen LogP contribution in [0.5, 0.6) is 0 Å². The number of hydrogen-bond acceptors (Lipinski definition) is 3. The summed E-state index contributed by atoms with van der Waals surface area (Å²) in [5, 5.41) is 10.1. The normalized spacial score (nSPS) is 11.1. The van der Waals surface area contributed by atoms with Crippen LogP contribution in [-0.2, 0) is 6.42 Å². The number of benzene rings is 2. The SMILES string of the molecule is CCc1cc2c(-c3ccc(C(=O)O)cc3F)cn(C(=O)c3c(C)cccc3Cl)c2cn1. The molecule has 0 saturated heterocycles. The lowest BCUT2D eigenvalue weighted by atomic mass is 10.0. The van der Waals surface area contributed by atoms with Crippen molar-refractivity contribution in [2.45, 2.75) is 20.3 Å². The predicted molar refractivity (Wildman–Crippen MR) is 117 cm³/mol. The molecule has 2 aromatic heterocycles. The summed E-state index contributed by atoms with van der Waals surface area (Å²) in [6.07, 6.45) is 3.81. The van der Waals surface area contributed by atoms with Crippen LogP contribution in [0.4, 0.5) is 4.39 Å². The maximum Gasteiger partial charge on any atom is 0.335 e. The Morgan fingerprint density at radius 2 is 1.94 bits per heavy atom. The van der Waals surface area contributed by atoms with Crippen LogP contribution >= 0.6 is 11.6 Å². The molecular weight excluding hydrogens is 419 g/mol. The number of carboxylic acids is 1. The van der Waals surface area contributed by atoms with E-state index in [-0.39, 0.29) is 17.0 Å². The second-order valence-corrected chi connectivity index (χ2v) is 7.60. The maximum absolute atomic E-state index is 14.9. The quantitative estimate of drug-likeness (QED) is 0.442. The molecule has 0 atom stereocenters. The molecule has 0 amide bonds. The number of halogens is 2. The Balaban J connectivity index is 1.98. The van der Waals surface area contributed by atoms with E-state index in [4.69, 9.17) is 16.7 Å². The zero-order valence-electron chi connectivity index (χ0n) is 16.8. The highest BCUT2D eigenvalue weighted by atomic mass is 35.5. The topological polar surface area (TPSA) is 72.2 Å². The molecule has 1 N–H and O–H groups in total. The fourth-order valence-electron chi connectivity index (χ4n) is 3.63. The molecule has 156 valence electrons. The minimum absolute atomic E-state index is 0.149. The molecule has 4 aromatic rings. The van der Waals surface area contributed by atoms with Crippen LogP contribution in [0.25, 0.3) is 22.0 Å². The van der Waals surface area contributed by atoms with E-state index in [9.17, 15) is 14.0 Å². The van der Waals surface area contributed by atoms with Gasteiger partial charge in [-0.15, -0.1) is 0 Å². The maximum atomic E-state index is 14.9. The van der Waals surface area contributed by atoms with Gasteiger partial charge < -0.3 is 5.11 Å². The van der Waals surface area contributed by atoms with Crippen molar-refractivity contribution in [3.63, 3.8) is 0 Å². The van der Waals surface area contributed by atoms with Crippen LogP contribution in [0.15, 0.2) is 54.9 Å². The van der Waals surface area contributed by atoms with E-state index < -0.39 is 11.8 Å². The second-order valence-electron chi connectivity index (χ2n) is 7.20. The van der Waals surface area contributed by atoms with Crippen molar-refractivity contribution in [1.29, 1.82) is 0 Å². The first-order valence-electron chi connectivity index (χ1n) is 9.64. The van der Waals surface area contributed by atoms with Gasteiger partial charge in [-0.1, -0.05) is 36.7 Å². The number of carbonyl (C=O) groups excluding carboxylic acids is 1. The molecule has 0 fully saturated rings. The summed E-state index contributed by atoms with van der Waals surface area (Å²) in [5.41, 5.74) is 2.90. The largest absolute Gasteiger partial charge is 0.478 e. The third-order valence-electron chi connectivity index (χ3n) is 5.27. The molecule has 0 aliphatic carbocycles. The smallest absolute Gasteiger partial charge is 0.335 e. The van der Waals surface area contributed by atoms with Crippen LogP contribution < -0.4 is 0 Å². The summed E-state index contributed by atoms with van der Waals surface area (Å²) in [5.74, 6) is -2.25. The van der Waals surface area contributed by atoms with E-state index in [1.807, 2.05) is 13.0 Å². The molecule has 31 heavy (non-hydrogen) atoms. The lowest BCUT2D eigenvalue weighted by molar-refractivity contribution is 0.0696. The van der Waals surface area contributed by atoms with Crippen LogP contribution in [0.3, 0.4) is 0 Å². The van der Waals surface area contributed by atoms with Crippen LogP contribution in [-0.4, -0.2) is 26.5 Å². The first-order chi connectivity index (χ1) is 14.8. The van der Waals surface area contributed by atoms with E-state index >= 15 is 0 Å². The Hall–Kier alpha value is -3.51. The molecule has 4 rings (SSSR count). The molecule has 0 aliphatic rings. The van der Waals surface area contributed by atoms with E-state index in [0.29, 0.717) is 33.5 Å². The predicted octanol–water partition coefficient (Wildman–Crippen LogP) is 5.75. The number of nitrogens with zero attached hydrogens (tertiary/aromatic N) is 2. The minimum atomic E-state index is -1.21. The average molecular weight is 437 g/mol. The van der Waals surface area contributed by atoms with Crippen molar-refractivity contribution in [3.8, 4) is 11.1 Å². The molecule has 2 aromatic carbocycles. The highest BCUT2D eigenvalue weighted by Crippen LogP contribution is 2.34. The standard InChI is InChI=1S/C24H18ClFN2O3/c1-3-15-10-17-18(16-8-7-14(24(30)31)9-20(16)26)12-28(21(17)11-27-15)23(29)22-13(2)5-4-6-19(22)25/h4-12H,3H2,1-2H3,(H,30,31). The lowest BCUT2D eigenvalue weighted by Gasteiger charge is -2.09. The van der Waals surface area contributed by atoms with E-state index in [1.54, 1.807) is 37.5 Å². The fraction of sp³-hybridized carbons (Fsp3) is 0.125. The molecule has 2 heterocycles. The number of aromatic nitrogens is 2. The zero-order valence-corrected chi connectivity index (χ0v) is 17.6. The molecule has 0 bridgehead atoms. The summed E-state index contributed by atoms with van der Waals surface area (Å²) in [6, 6.07) is 10.7. The second kappa shape index (κ2) is 7.96. The number of carbonyl (C=O) groups is 2. The number of carboxylic acid groups (broad SMARTS) is 1. The van der Waals surface area contributed by atoms with Gasteiger partial charge in [0.05, 0.1) is 27.9 Å². The lowest BCUT2D eigenvalue weighted by Crippen LogP contribution is -2.13. The molecule has 0 spiro atoms. The number of aromatic carboxylic acids is 1. The average Bonchev–Trinajstić information content (AvgIpc) is 3.11. The van der Waals surface area contributed by atoms with Gasteiger partial charge in [-0.2, -0.15) is 0 Å². The van der Waals surface area contributed by atoms with Gasteiger partial charge in [0.2, 0.25) is 0 Å². The zero-order chi connectivity index (χ0) is 22.3. The molecule has 0 saturated carbocycles. The third-order valence-corrected chi connectivity index (χ3v) is 5.59. The van der Waals surface area contributed by atoms with Crippen molar-refractivity contribution in [3.05, 3.63) is 88.1 Å². The first-order valence-corrected chi connectivity index (χ1v) is 10.0. The third kappa shape index (κ3) is 3.59. The van der Waals surface area contributed by atoms with Gasteiger partial charge in [0.1, 0.15) is 5.82 Å². The van der Waals surface area contributed by atoms with Crippen LogP contribution in [0, 0.1) is 12.7 Å². The Morgan fingerprint density at radius 3 is 2.58 bits per heavy atom. The van der Waals surface area contributed by atoms with Crippen LogP contribution in [0.1, 0.15) is 38.9 Å². The van der Waals surface area contributed by atoms with Crippen molar-refractivity contribution in [2.24, 2.45) is 0 Å². The Bertz CT molecular complexity index is 1340. The summed E-state index contributed by atoms with van der Waals surface area (Å²) in [4.78, 5) is 29.0. The van der Waals surface area contributed by atoms with Crippen LogP contribution in [0.2, 0.25) is 5.02 Å². The summed E-state index contributed by atoms with van der Waals surface area (Å²) in [6.45, 7) is 3.74. The molecule has 0 radical (unpaired) electrons. The first kappa shape index (κ1) is 20.8. The number of hydrogen-bond donors (Lipinski definition) is 1. The Morgan fingerprint density at radius 1 is 1.16 bits per heavy atom. The van der Waals surface area contributed by atoms with Gasteiger partial charge in [-0.25, -0.2) is 9.18 Å². The van der Waals surface area contributed by atoms with Crippen molar-refractivity contribution < 1.29 is 19.1 Å². The van der Waals surface area contributed by atoms with Gasteiger partial charge in [-0.05, 0) is 43.2 Å². The van der Waals surface area contributed by atoms with E-state index in [1.165, 1.54) is 16.7 Å². The summed E-state index contributed by atoms with van der Waals surface area (Å²) >= 11 is 6.30. The monoisotopic (exact) mass is 436 g/mol. The highest BCUT2D eigenvalue weighted by molar-refractivity contribution is 6.34. The van der Waals surface area contributed by atoms with Crippen molar-refractivity contribution in [2.75, 3.05) is 0 Å². The van der Waals surface area contributed by atoms with E-state index in [2.05, 4.69) is 4.98 Å². The van der Waals surface area contributed by atoms with Gasteiger partial charge in [-0.3, -0.25) is 14.3 Å². The van der Waals surface area contributed by atoms with Crippen molar-refractivity contribution >= 4 is 34.4 Å². The summed E-state index contributed by atoms with van der Waals surface area (Å²) < 4.78 is 16.3. The fourth-order valence-corrected chi connectivity index (χ4v) is 3.94. The summed E-state index contributed by atoms with van der Waals surface area (Å²) in [7, 11) is 0. The molecule has 5 nitrogen and oxygen atoms in total. The highest BCUT2D eigenvalue weighted by Gasteiger charge is 2.22.